The van der Waals surface area contributed by atoms with Gasteiger partial charge in [0.05, 0.1) is 22.2 Å². The lowest BCUT2D eigenvalue weighted by Gasteiger charge is -2.11. The zero-order valence-electron chi connectivity index (χ0n) is 17.0. The molecule has 0 aliphatic rings. The summed E-state index contributed by atoms with van der Waals surface area (Å²) in [7, 11) is 0. The third-order valence-corrected chi connectivity index (χ3v) is 5.17. The van der Waals surface area contributed by atoms with E-state index in [2.05, 4.69) is 10.3 Å². The van der Waals surface area contributed by atoms with Gasteiger partial charge in [-0.05, 0) is 47.5 Å². The Morgan fingerprint density at radius 3 is 2.38 bits per heavy atom. The molecule has 5 rings (SSSR count). The van der Waals surface area contributed by atoms with Crippen LogP contribution in [-0.4, -0.2) is 10.9 Å². The van der Waals surface area contributed by atoms with Crippen molar-refractivity contribution in [3.05, 3.63) is 119 Å². The summed E-state index contributed by atoms with van der Waals surface area (Å²) < 4.78 is 5.46. The lowest BCUT2D eigenvalue weighted by atomic mass is 10.0. The summed E-state index contributed by atoms with van der Waals surface area (Å²) in [6.07, 6.45) is 0. The van der Waals surface area contributed by atoms with Crippen LogP contribution in [0.25, 0.3) is 33.5 Å². The van der Waals surface area contributed by atoms with E-state index in [4.69, 9.17) is 4.42 Å². The van der Waals surface area contributed by atoms with Gasteiger partial charge in [-0.15, -0.1) is 0 Å². The molecule has 0 saturated carbocycles. The second-order valence-corrected chi connectivity index (χ2v) is 7.27. The molecule has 0 saturated heterocycles. The fraction of sp³-hybridized carbons (Fsp3) is 0. The average molecular weight is 420 g/mol. The Morgan fingerprint density at radius 2 is 1.50 bits per heavy atom. The first-order valence-electron chi connectivity index (χ1n) is 10.2. The van der Waals surface area contributed by atoms with Gasteiger partial charge in [-0.2, -0.15) is 0 Å². The highest BCUT2D eigenvalue weighted by Crippen LogP contribution is 2.28. The van der Waals surface area contributed by atoms with E-state index in [-0.39, 0.29) is 13.2 Å². The number of rotatable bonds is 4. The van der Waals surface area contributed by atoms with Gasteiger partial charge in [0.1, 0.15) is 0 Å². The van der Waals surface area contributed by atoms with Gasteiger partial charge < -0.3 is 9.73 Å². The lowest BCUT2D eigenvalue weighted by Crippen LogP contribution is -2.13. The molecule has 1 amide bonds. The van der Waals surface area contributed by atoms with E-state index in [0.717, 1.165) is 11.1 Å². The van der Waals surface area contributed by atoms with Crippen molar-refractivity contribution in [1.82, 2.24) is 4.98 Å². The fourth-order valence-electron chi connectivity index (χ4n) is 3.58. The second-order valence-electron chi connectivity index (χ2n) is 7.27. The van der Waals surface area contributed by atoms with Crippen LogP contribution in [0.5, 0.6) is 0 Å². The largest absolute Gasteiger partial charge is 0.403 e. The maximum absolute atomic E-state index is 13.0. The molecule has 5 heteroatoms. The molecule has 1 aromatic heterocycles. The average Bonchev–Trinajstić information content (AvgIpc) is 2.85. The Bertz CT molecular complexity index is 1500. The molecule has 5 aromatic rings. The maximum atomic E-state index is 13.0. The summed E-state index contributed by atoms with van der Waals surface area (Å²) in [6, 6.07) is 31.4. The third-order valence-electron chi connectivity index (χ3n) is 5.17. The van der Waals surface area contributed by atoms with Gasteiger partial charge in [-0.25, -0.2) is 9.78 Å². The molecule has 0 bridgehead atoms. The molecule has 4 aromatic carbocycles. The molecule has 0 radical (unpaired) electrons. The Labute approximate surface area is 185 Å². The number of fused-ring (bicyclic) bond motifs is 1. The van der Waals surface area contributed by atoms with Crippen molar-refractivity contribution in [2.75, 3.05) is 5.32 Å². The minimum Gasteiger partial charge on any atom is -0.403 e. The van der Waals surface area contributed by atoms with Crippen LogP contribution < -0.4 is 10.9 Å². The number of para-hydroxylation sites is 2. The number of carbonyl (C=O) groups is 1. The first kappa shape index (κ1) is 19.5. The standard InChI is InChI=1S/C27H18N2O3.H2/c30-25(20-12-8-11-19(17-20)18-9-2-1-3-10-18)28-23-15-6-4-13-21(23)26-29-24-16-7-5-14-22(24)27(31)32-26;/h1-17H,(H,28,30);1H. The predicted octanol–water partition coefficient (Wildman–Crippen LogP) is 6.02. The highest BCUT2D eigenvalue weighted by molar-refractivity contribution is 6.06. The molecule has 156 valence electrons. The molecule has 0 fully saturated rings. The summed E-state index contributed by atoms with van der Waals surface area (Å²) in [5.41, 5.74) is 3.61. The monoisotopic (exact) mass is 420 g/mol. The lowest BCUT2D eigenvalue weighted by molar-refractivity contribution is 0.102. The van der Waals surface area contributed by atoms with Gasteiger partial charge in [0.15, 0.2) is 0 Å². The van der Waals surface area contributed by atoms with Crippen molar-refractivity contribution in [3.8, 4) is 22.6 Å². The number of aromatic nitrogens is 1. The SMILES string of the molecule is O=C(Nc1ccccc1-c1nc2ccccc2c(=O)o1)c1cccc(-c2ccccc2)c1.[HH]. The van der Waals surface area contributed by atoms with Gasteiger partial charge in [0, 0.05) is 6.99 Å². The molecule has 0 spiro atoms. The van der Waals surface area contributed by atoms with E-state index in [1.165, 1.54) is 0 Å². The van der Waals surface area contributed by atoms with Gasteiger partial charge in [-0.3, -0.25) is 4.79 Å². The number of nitrogens with zero attached hydrogens (tertiary/aromatic N) is 1. The first-order valence-corrected chi connectivity index (χ1v) is 10.2. The molecule has 0 aliphatic carbocycles. The topological polar surface area (TPSA) is 72.2 Å². The van der Waals surface area contributed by atoms with Gasteiger partial charge in [-0.1, -0.05) is 66.7 Å². The number of carbonyl (C=O) groups excluding carboxylic acids is 1. The molecule has 0 atom stereocenters. The smallest absolute Gasteiger partial charge is 0.347 e. The van der Waals surface area contributed by atoms with Crippen LogP contribution in [0, 0.1) is 0 Å². The van der Waals surface area contributed by atoms with E-state index in [0.29, 0.717) is 27.7 Å². The number of hydrogen-bond acceptors (Lipinski definition) is 4. The zero-order chi connectivity index (χ0) is 21.9. The van der Waals surface area contributed by atoms with Crippen molar-refractivity contribution in [1.29, 1.82) is 0 Å². The van der Waals surface area contributed by atoms with Gasteiger partial charge >= 0.3 is 5.63 Å². The predicted molar refractivity (Wildman–Crippen MR) is 128 cm³/mol. The Morgan fingerprint density at radius 1 is 0.781 bits per heavy atom. The molecule has 1 heterocycles. The molecule has 0 unspecified atom stereocenters. The van der Waals surface area contributed by atoms with E-state index in [1.807, 2.05) is 54.6 Å². The van der Waals surface area contributed by atoms with Crippen LogP contribution in [0.4, 0.5) is 5.69 Å². The van der Waals surface area contributed by atoms with E-state index in [9.17, 15) is 9.59 Å². The molecular formula is C27H20N2O3. The van der Waals surface area contributed by atoms with Crippen LogP contribution in [0.2, 0.25) is 0 Å². The zero-order valence-corrected chi connectivity index (χ0v) is 17.0. The maximum Gasteiger partial charge on any atom is 0.347 e. The Balaban J connectivity index is 0.00000259. The molecular weight excluding hydrogens is 400 g/mol. The highest BCUT2D eigenvalue weighted by Gasteiger charge is 2.15. The van der Waals surface area contributed by atoms with Crippen molar-refractivity contribution in [3.63, 3.8) is 0 Å². The van der Waals surface area contributed by atoms with Crippen LogP contribution in [-0.2, 0) is 0 Å². The quantitative estimate of drug-likeness (QED) is 0.386. The van der Waals surface area contributed by atoms with Gasteiger partial charge in [0.2, 0.25) is 5.89 Å². The molecule has 5 nitrogen and oxygen atoms in total. The molecule has 32 heavy (non-hydrogen) atoms. The fourth-order valence-corrected chi connectivity index (χ4v) is 3.58. The minimum atomic E-state index is -0.470. The van der Waals surface area contributed by atoms with Crippen molar-refractivity contribution < 1.29 is 10.6 Å². The number of benzene rings is 4. The number of anilines is 1. The third kappa shape index (κ3) is 3.79. The van der Waals surface area contributed by atoms with E-state index in [1.54, 1.807) is 48.5 Å². The minimum absolute atomic E-state index is 0. The Hall–Kier alpha value is -4.51. The van der Waals surface area contributed by atoms with Crippen molar-refractivity contribution in [2.24, 2.45) is 0 Å². The Kier molecular flexibility index (Phi) is 5.06. The molecule has 1 N–H and O–H groups in total. The van der Waals surface area contributed by atoms with Gasteiger partial charge in [0.25, 0.3) is 5.91 Å². The van der Waals surface area contributed by atoms with Crippen LogP contribution in [0.1, 0.15) is 11.8 Å². The van der Waals surface area contributed by atoms with Crippen LogP contribution in [0.15, 0.2) is 112 Å². The first-order chi connectivity index (χ1) is 15.7. The molecule has 0 aliphatic heterocycles. The normalized spacial score (nSPS) is 10.8. The summed E-state index contributed by atoms with van der Waals surface area (Å²) in [5.74, 6) is -0.110. The second kappa shape index (κ2) is 8.32. The summed E-state index contributed by atoms with van der Waals surface area (Å²) in [4.78, 5) is 29.9. The van der Waals surface area contributed by atoms with Crippen molar-refractivity contribution >= 4 is 22.5 Å². The van der Waals surface area contributed by atoms with E-state index >= 15 is 0 Å². The van der Waals surface area contributed by atoms with E-state index < -0.39 is 5.63 Å². The summed E-state index contributed by atoms with van der Waals surface area (Å²) in [5, 5.41) is 3.34. The van der Waals surface area contributed by atoms with Crippen molar-refractivity contribution in [2.45, 2.75) is 0 Å². The summed E-state index contributed by atoms with van der Waals surface area (Å²) >= 11 is 0. The number of amides is 1. The number of nitrogens with one attached hydrogen (secondary N) is 1. The van der Waals surface area contributed by atoms with Crippen LogP contribution >= 0.6 is 0 Å². The summed E-state index contributed by atoms with van der Waals surface area (Å²) in [6.45, 7) is 0. The van der Waals surface area contributed by atoms with Crippen LogP contribution in [0.3, 0.4) is 0 Å². The number of hydrogen-bond donors (Lipinski definition) is 1. The highest BCUT2D eigenvalue weighted by atomic mass is 16.4.